The third-order valence-corrected chi connectivity index (χ3v) is 5.56. The van der Waals surface area contributed by atoms with Crippen LogP contribution in [0.25, 0.3) is 0 Å². The van der Waals surface area contributed by atoms with E-state index in [-0.39, 0.29) is 0 Å². The molecule has 1 nitrogen and oxygen atoms in total. The van der Waals surface area contributed by atoms with Gasteiger partial charge in [0.05, 0.1) is 0 Å². The maximum atomic E-state index is 13.2. The molecule has 0 saturated heterocycles. The van der Waals surface area contributed by atoms with Gasteiger partial charge in [-0.2, -0.15) is 0 Å². The van der Waals surface area contributed by atoms with Crippen molar-refractivity contribution in [3.05, 3.63) is 65.2 Å². The van der Waals surface area contributed by atoms with Crippen molar-refractivity contribution in [3.8, 4) is 5.75 Å². The van der Waals surface area contributed by atoms with E-state index in [2.05, 4.69) is 31.2 Å². The molecule has 0 aromatic heterocycles. The Labute approximate surface area is 155 Å². The molecule has 0 N–H and O–H groups in total. The molecule has 0 aliphatic heterocycles. The van der Waals surface area contributed by atoms with Crippen LogP contribution in [0, 0.1) is 17.6 Å². The Bertz CT molecular complexity index is 688. The van der Waals surface area contributed by atoms with Crippen LogP contribution in [0.2, 0.25) is 0 Å². The minimum Gasteiger partial charge on any atom is -0.489 e. The van der Waals surface area contributed by atoms with Gasteiger partial charge in [0.1, 0.15) is 12.4 Å². The fourth-order valence-corrected chi connectivity index (χ4v) is 3.90. The topological polar surface area (TPSA) is 9.23 Å². The van der Waals surface area contributed by atoms with Gasteiger partial charge < -0.3 is 4.74 Å². The standard InChI is InChI=1S/C23H28F2O/c1-2-3-4-17-5-9-19(10-6-17)20-11-7-18(8-12-20)16-26-21-13-14-22(24)23(25)15-21/h7-8,11-15,17,19H,2-6,9-10,16H2,1H3. The van der Waals surface area contributed by atoms with Crippen molar-refractivity contribution in [3.63, 3.8) is 0 Å². The van der Waals surface area contributed by atoms with Crippen LogP contribution in [0.3, 0.4) is 0 Å². The first-order chi connectivity index (χ1) is 12.7. The number of benzene rings is 2. The van der Waals surface area contributed by atoms with Gasteiger partial charge in [-0.3, -0.25) is 0 Å². The maximum Gasteiger partial charge on any atom is 0.162 e. The van der Waals surface area contributed by atoms with Gasteiger partial charge in [0.15, 0.2) is 11.6 Å². The van der Waals surface area contributed by atoms with E-state index in [0.29, 0.717) is 18.3 Å². The van der Waals surface area contributed by atoms with E-state index in [9.17, 15) is 8.78 Å². The Morgan fingerprint density at radius 1 is 0.923 bits per heavy atom. The molecule has 26 heavy (non-hydrogen) atoms. The van der Waals surface area contributed by atoms with Crippen LogP contribution in [0.5, 0.6) is 5.75 Å². The fraction of sp³-hybridized carbons (Fsp3) is 0.478. The zero-order valence-corrected chi connectivity index (χ0v) is 15.5. The Kier molecular flexibility index (Phi) is 6.65. The first-order valence-corrected chi connectivity index (χ1v) is 9.82. The van der Waals surface area contributed by atoms with E-state index in [1.165, 1.54) is 56.6 Å². The predicted octanol–water partition coefficient (Wildman–Crippen LogP) is 7.01. The van der Waals surface area contributed by atoms with Crippen LogP contribution in [0.15, 0.2) is 42.5 Å². The normalized spacial score (nSPS) is 20.1. The van der Waals surface area contributed by atoms with Gasteiger partial charge in [-0.1, -0.05) is 50.5 Å². The molecule has 1 aliphatic carbocycles. The summed E-state index contributed by atoms with van der Waals surface area (Å²) >= 11 is 0. The average molecular weight is 358 g/mol. The molecule has 1 fully saturated rings. The van der Waals surface area contributed by atoms with Gasteiger partial charge in [0.25, 0.3) is 0 Å². The molecule has 3 heteroatoms. The van der Waals surface area contributed by atoms with Gasteiger partial charge in [0.2, 0.25) is 0 Å². The summed E-state index contributed by atoms with van der Waals surface area (Å²) < 4.78 is 31.7. The number of halogens is 2. The summed E-state index contributed by atoms with van der Waals surface area (Å²) in [6.07, 6.45) is 9.34. The van der Waals surface area contributed by atoms with Crippen LogP contribution in [-0.2, 0) is 6.61 Å². The summed E-state index contributed by atoms with van der Waals surface area (Å²) in [6, 6.07) is 12.2. The van der Waals surface area contributed by atoms with E-state index in [1.807, 2.05) is 0 Å². The molecular formula is C23H28F2O. The number of rotatable bonds is 7. The van der Waals surface area contributed by atoms with E-state index in [0.717, 1.165) is 23.6 Å². The van der Waals surface area contributed by atoms with E-state index in [4.69, 9.17) is 4.74 Å². The van der Waals surface area contributed by atoms with Crippen LogP contribution < -0.4 is 4.74 Å². The highest BCUT2D eigenvalue weighted by molar-refractivity contribution is 5.27. The Hall–Kier alpha value is -1.90. The van der Waals surface area contributed by atoms with Crippen molar-refractivity contribution < 1.29 is 13.5 Å². The first kappa shape index (κ1) is 18.9. The zero-order chi connectivity index (χ0) is 18.4. The van der Waals surface area contributed by atoms with Crippen molar-refractivity contribution in [2.45, 2.75) is 64.4 Å². The molecule has 2 aromatic rings. The summed E-state index contributed by atoms with van der Waals surface area (Å²) in [5.41, 5.74) is 2.45. The number of unbranched alkanes of at least 4 members (excludes halogenated alkanes) is 1. The van der Waals surface area contributed by atoms with Crippen molar-refractivity contribution in [1.29, 1.82) is 0 Å². The lowest BCUT2D eigenvalue weighted by atomic mass is 9.77. The number of hydrogen-bond donors (Lipinski definition) is 0. The third kappa shape index (κ3) is 5.06. The SMILES string of the molecule is CCCCC1CCC(c2ccc(COc3ccc(F)c(F)c3)cc2)CC1. The molecule has 1 saturated carbocycles. The maximum absolute atomic E-state index is 13.2. The van der Waals surface area contributed by atoms with Crippen LogP contribution in [0.1, 0.15) is 68.9 Å². The Morgan fingerprint density at radius 3 is 2.31 bits per heavy atom. The smallest absolute Gasteiger partial charge is 0.162 e. The van der Waals surface area contributed by atoms with Gasteiger partial charge in [-0.25, -0.2) is 8.78 Å². The second-order valence-electron chi connectivity index (χ2n) is 7.47. The lowest BCUT2D eigenvalue weighted by molar-refractivity contribution is 0.301. The molecule has 2 aromatic carbocycles. The average Bonchev–Trinajstić information content (AvgIpc) is 2.68. The summed E-state index contributed by atoms with van der Waals surface area (Å²) in [7, 11) is 0. The van der Waals surface area contributed by atoms with Gasteiger partial charge in [0, 0.05) is 6.07 Å². The second-order valence-corrected chi connectivity index (χ2v) is 7.47. The predicted molar refractivity (Wildman–Crippen MR) is 101 cm³/mol. The molecule has 0 amide bonds. The Morgan fingerprint density at radius 2 is 1.65 bits per heavy atom. The van der Waals surface area contributed by atoms with E-state index >= 15 is 0 Å². The molecule has 0 bridgehead atoms. The molecule has 0 spiro atoms. The number of ether oxygens (including phenoxy) is 1. The lowest BCUT2D eigenvalue weighted by Crippen LogP contribution is -2.13. The minimum absolute atomic E-state index is 0.346. The monoisotopic (exact) mass is 358 g/mol. The highest BCUT2D eigenvalue weighted by Crippen LogP contribution is 2.37. The molecule has 140 valence electrons. The van der Waals surface area contributed by atoms with Crippen LogP contribution in [-0.4, -0.2) is 0 Å². The fourth-order valence-electron chi connectivity index (χ4n) is 3.90. The van der Waals surface area contributed by atoms with Crippen LogP contribution >= 0.6 is 0 Å². The lowest BCUT2D eigenvalue weighted by Gasteiger charge is -2.29. The third-order valence-electron chi connectivity index (χ3n) is 5.56. The van der Waals surface area contributed by atoms with Gasteiger partial charge >= 0.3 is 0 Å². The van der Waals surface area contributed by atoms with Crippen molar-refractivity contribution >= 4 is 0 Å². The van der Waals surface area contributed by atoms with Gasteiger partial charge in [-0.05, 0) is 60.8 Å². The Balaban J connectivity index is 1.50. The van der Waals surface area contributed by atoms with Gasteiger partial charge in [-0.15, -0.1) is 0 Å². The molecule has 0 unspecified atom stereocenters. The van der Waals surface area contributed by atoms with E-state index < -0.39 is 11.6 Å². The summed E-state index contributed by atoms with van der Waals surface area (Å²) in [5.74, 6) is 0.209. The molecular weight excluding hydrogens is 330 g/mol. The quantitative estimate of drug-likeness (QED) is 0.517. The van der Waals surface area contributed by atoms with Crippen LogP contribution in [0.4, 0.5) is 8.78 Å². The summed E-state index contributed by atoms with van der Waals surface area (Å²) in [4.78, 5) is 0. The van der Waals surface area contributed by atoms with Crippen molar-refractivity contribution in [2.24, 2.45) is 5.92 Å². The highest BCUT2D eigenvalue weighted by atomic mass is 19.2. The highest BCUT2D eigenvalue weighted by Gasteiger charge is 2.21. The second kappa shape index (κ2) is 9.16. The molecule has 1 aliphatic rings. The minimum atomic E-state index is -0.882. The van der Waals surface area contributed by atoms with Crippen molar-refractivity contribution in [2.75, 3.05) is 0 Å². The zero-order valence-electron chi connectivity index (χ0n) is 15.5. The van der Waals surface area contributed by atoms with E-state index in [1.54, 1.807) is 0 Å². The number of hydrogen-bond acceptors (Lipinski definition) is 1. The summed E-state index contributed by atoms with van der Waals surface area (Å²) in [5, 5.41) is 0. The van der Waals surface area contributed by atoms with Crippen molar-refractivity contribution in [1.82, 2.24) is 0 Å². The summed E-state index contributed by atoms with van der Waals surface area (Å²) in [6.45, 7) is 2.62. The largest absolute Gasteiger partial charge is 0.489 e. The molecule has 0 heterocycles. The first-order valence-electron chi connectivity index (χ1n) is 9.82. The molecule has 0 atom stereocenters. The molecule has 3 rings (SSSR count). The molecule has 0 radical (unpaired) electrons.